The van der Waals surface area contributed by atoms with Crippen molar-refractivity contribution in [2.45, 2.75) is 24.0 Å². The number of anilines is 2. The number of hydrogen-bond acceptors (Lipinski definition) is 4. The van der Waals surface area contributed by atoms with E-state index < -0.39 is 15.1 Å². The molecule has 7 heteroatoms. The normalized spacial score (nSPS) is 15.1. The first kappa shape index (κ1) is 19.2. The smallest absolute Gasteiger partial charge is 0.322 e. The number of urea groups is 1. The van der Waals surface area contributed by atoms with Gasteiger partial charge in [0.2, 0.25) is 0 Å². The molecular weight excluding hydrogens is 362 g/mol. The molecule has 27 heavy (non-hydrogen) atoms. The third-order valence-corrected chi connectivity index (χ3v) is 6.95. The van der Waals surface area contributed by atoms with Gasteiger partial charge in [0.1, 0.15) is 0 Å². The van der Waals surface area contributed by atoms with Crippen molar-refractivity contribution in [3.05, 3.63) is 54.6 Å². The van der Waals surface area contributed by atoms with E-state index >= 15 is 0 Å². The maximum Gasteiger partial charge on any atom is 0.322 e. The van der Waals surface area contributed by atoms with Gasteiger partial charge in [-0.1, -0.05) is 30.3 Å². The number of rotatable bonds is 4. The van der Waals surface area contributed by atoms with Crippen molar-refractivity contribution in [3.8, 4) is 0 Å². The molecule has 6 nitrogen and oxygen atoms in total. The standard InChI is InChI=1S/C20H25N3O3S/c1-16(2)27(25,26)19-11-7-6-10-18(19)21-20(24)23-14-12-22(13-15-23)17-8-4-3-5-9-17/h3-11,16H,12-15H2,1-2H3,(H,21,24). The van der Waals surface area contributed by atoms with Crippen LogP contribution in [0.1, 0.15) is 13.8 Å². The second-order valence-electron chi connectivity index (χ2n) is 6.83. The highest BCUT2D eigenvalue weighted by Gasteiger charge is 2.25. The molecule has 0 bridgehead atoms. The first-order valence-corrected chi connectivity index (χ1v) is 10.6. The molecule has 1 aliphatic heterocycles. The van der Waals surface area contributed by atoms with Gasteiger partial charge >= 0.3 is 6.03 Å². The lowest BCUT2D eigenvalue weighted by Gasteiger charge is -2.36. The fourth-order valence-corrected chi connectivity index (χ4v) is 4.27. The largest absolute Gasteiger partial charge is 0.368 e. The number of hydrogen-bond donors (Lipinski definition) is 1. The Kier molecular flexibility index (Phi) is 5.70. The van der Waals surface area contributed by atoms with E-state index in [2.05, 4.69) is 22.3 Å². The number of benzene rings is 2. The number of carbonyl (C=O) groups is 1. The molecule has 0 aromatic heterocycles. The predicted molar refractivity (Wildman–Crippen MR) is 108 cm³/mol. The minimum Gasteiger partial charge on any atom is -0.368 e. The first-order chi connectivity index (χ1) is 12.9. The molecule has 1 heterocycles. The highest BCUT2D eigenvalue weighted by Crippen LogP contribution is 2.25. The Balaban J connectivity index is 1.67. The number of nitrogens with zero attached hydrogens (tertiary/aromatic N) is 2. The van der Waals surface area contributed by atoms with Crippen LogP contribution in [-0.2, 0) is 9.84 Å². The monoisotopic (exact) mass is 387 g/mol. The summed E-state index contributed by atoms with van der Waals surface area (Å²) in [6, 6.07) is 16.4. The minimum atomic E-state index is -3.47. The van der Waals surface area contributed by atoms with Gasteiger partial charge in [0.15, 0.2) is 9.84 Å². The van der Waals surface area contributed by atoms with Crippen LogP contribution in [0.4, 0.5) is 16.2 Å². The summed E-state index contributed by atoms with van der Waals surface area (Å²) < 4.78 is 25.1. The van der Waals surface area contributed by atoms with Gasteiger partial charge in [-0.05, 0) is 38.1 Å². The Hall–Kier alpha value is -2.54. The van der Waals surface area contributed by atoms with Crippen LogP contribution in [0, 0.1) is 0 Å². The van der Waals surface area contributed by atoms with E-state index in [0.29, 0.717) is 18.8 Å². The number of para-hydroxylation sites is 2. The van der Waals surface area contributed by atoms with Crippen LogP contribution in [0.3, 0.4) is 0 Å². The number of carbonyl (C=O) groups excluding carboxylic acids is 1. The molecule has 3 rings (SSSR count). The predicted octanol–water partition coefficient (Wildman–Crippen LogP) is 3.22. The molecule has 2 aromatic rings. The summed E-state index contributed by atoms with van der Waals surface area (Å²) in [5.74, 6) is 0. The Morgan fingerprint density at radius 1 is 0.926 bits per heavy atom. The molecule has 0 unspecified atom stereocenters. The second kappa shape index (κ2) is 8.00. The molecule has 144 valence electrons. The quantitative estimate of drug-likeness (QED) is 0.875. The van der Waals surface area contributed by atoms with E-state index in [-0.39, 0.29) is 10.9 Å². The van der Waals surface area contributed by atoms with Gasteiger partial charge in [-0.3, -0.25) is 0 Å². The third kappa shape index (κ3) is 4.24. The molecule has 1 N–H and O–H groups in total. The zero-order chi connectivity index (χ0) is 19.4. The summed E-state index contributed by atoms with van der Waals surface area (Å²) in [5, 5.41) is 2.23. The molecular formula is C20H25N3O3S. The minimum absolute atomic E-state index is 0.163. The van der Waals surface area contributed by atoms with Crippen molar-refractivity contribution >= 4 is 27.2 Å². The Morgan fingerprint density at radius 3 is 2.15 bits per heavy atom. The van der Waals surface area contributed by atoms with Crippen LogP contribution in [0.15, 0.2) is 59.5 Å². The number of piperazine rings is 1. The fraction of sp³-hybridized carbons (Fsp3) is 0.350. The van der Waals surface area contributed by atoms with E-state index in [1.807, 2.05) is 18.2 Å². The number of nitrogens with one attached hydrogen (secondary N) is 1. The molecule has 0 spiro atoms. The van der Waals surface area contributed by atoms with Gasteiger partial charge < -0.3 is 15.1 Å². The fourth-order valence-electron chi connectivity index (χ4n) is 3.07. The van der Waals surface area contributed by atoms with Crippen LogP contribution in [0.25, 0.3) is 0 Å². The Labute approximate surface area is 160 Å². The average molecular weight is 388 g/mol. The van der Waals surface area contributed by atoms with E-state index in [1.165, 1.54) is 6.07 Å². The zero-order valence-electron chi connectivity index (χ0n) is 15.6. The molecule has 1 fully saturated rings. The lowest BCUT2D eigenvalue weighted by molar-refractivity contribution is 0.208. The van der Waals surface area contributed by atoms with Crippen molar-refractivity contribution in [1.29, 1.82) is 0 Å². The van der Waals surface area contributed by atoms with Crippen LogP contribution in [-0.4, -0.2) is 50.8 Å². The molecule has 2 aromatic carbocycles. The molecule has 0 aliphatic carbocycles. The van der Waals surface area contributed by atoms with Crippen LogP contribution < -0.4 is 10.2 Å². The third-order valence-electron chi connectivity index (χ3n) is 4.74. The average Bonchev–Trinajstić information content (AvgIpc) is 2.69. The molecule has 2 amide bonds. The van der Waals surface area contributed by atoms with Gasteiger partial charge in [0.05, 0.1) is 15.8 Å². The first-order valence-electron chi connectivity index (χ1n) is 9.08. The maximum atomic E-state index is 12.7. The molecule has 0 atom stereocenters. The number of sulfone groups is 1. The lowest BCUT2D eigenvalue weighted by Crippen LogP contribution is -2.50. The maximum absolute atomic E-state index is 12.7. The van der Waals surface area contributed by atoms with E-state index in [0.717, 1.165) is 18.8 Å². The van der Waals surface area contributed by atoms with Crippen molar-refractivity contribution < 1.29 is 13.2 Å². The molecule has 1 aliphatic rings. The summed E-state index contributed by atoms with van der Waals surface area (Å²) >= 11 is 0. The zero-order valence-corrected chi connectivity index (χ0v) is 16.4. The van der Waals surface area contributed by atoms with Crippen molar-refractivity contribution in [2.24, 2.45) is 0 Å². The summed E-state index contributed by atoms with van der Waals surface area (Å²) in [6.45, 7) is 5.92. The van der Waals surface area contributed by atoms with Gasteiger partial charge in [-0.15, -0.1) is 0 Å². The van der Waals surface area contributed by atoms with Crippen molar-refractivity contribution in [2.75, 3.05) is 36.4 Å². The van der Waals surface area contributed by atoms with Gasteiger partial charge in [-0.25, -0.2) is 13.2 Å². The topological polar surface area (TPSA) is 69.7 Å². The summed E-state index contributed by atoms with van der Waals surface area (Å²) in [5.41, 5.74) is 1.48. The van der Waals surface area contributed by atoms with E-state index in [1.54, 1.807) is 36.9 Å². The van der Waals surface area contributed by atoms with Crippen LogP contribution in [0.2, 0.25) is 0 Å². The van der Waals surface area contributed by atoms with Gasteiger partial charge in [0, 0.05) is 31.9 Å². The van der Waals surface area contributed by atoms with E-state index in [9.17, 15) is 13.2 Å². The van der Waals surface area contributed by atoms with Crippen molar-refractivity contribution in [1.82, 2.24) is 4.90 Å². The van der Waals surface area contributed by atoms with Crippen molar-refractivity contribution in [3.63, 3.8) is 0 Å². The molecule has 0 radical (unpaired) electrons. The van der Waals surface area contributed by atoms with Gasteiger partial charge in [-0.2, -0.15) is 0 Å². The molecule has 1 saturated heterocycles. The Morgan fingerprint density at radius 2 is 1.52 bits per heavy atom. The highest BCUT2D eigenvalue weighted by atomic mass is 32.2. The van der Waals surface area contributed by atoms with Gasteiger partial charge in [0.25, 0.3) is 0 Å². The highest BCUT2D eigenvalue weighted by molar-refractivity contribution is 7.92. The van der Waals surface area contributed by atoms with Crippen LogP contribution in [0.5, 0.6) is 0 Å². The molecule has 0 saturated carbocycles. The summed E-state index contributed by atoms with van der Waals surface area (Å²) in [7, 11) is -3.47. The summed E-state index contributed by atoms with van der Waals surface area (Å²) in [6.07, 6.45) is 0. The van der Waals surface area contributed by atoms with Crippen LogP contribution >= 0.6 is 0 Å². The number of amides is 2. The SMILES string of the molecule is CC(C)S(=O)(=O)c1ccccc1NC(=O)N1CCN(c2ccccc2)CC1. The Bertz CT molecular complexity index is 890. The second-order valence-corrected chi connectivity index (χ2v) is 9.30. The summed E-state index contributed by atoms with van der Waals surface area (Å²) in [4.78, 5) is 16.8. The lowest BCUT2D eigenvalue weighted by atomic mass is 10.2. The van der Waals surface area contributed by atoms with E-state index in [4.69, 9.17) is 0 Å².